The van der Waals surface area contributed by atoms with E-state index in [9.17, 15) is 0 Å². The van der Waals surface area contributed by atoms with Crippen molar-refractivity contribution in [2.24, 2.45) is 5.73 Å². The largest absolute Gasteiger partial charge is 0.361 e. The Morgan fingerprint density at radius 1 is 0.536 bits per heavy atom. The maximum absolute atomic E-state index is 6.77. The van der Waals surface area contributed by atoms with Crippen LogP contribution in [0, 0.1) is 0 Å². The van der Waals surface area contributed by atoms with E-state index in [0.29, 0.717) is 0 Å². The summed E-state index contributed by atoms with van der Waals surface area (Å²) in [4.78, 5) is 0. The first-order valence-electron chi connectivity index (χ1n) is 10.4. The maximum Gasteiger partial charge on any atom is 0.143 e. The highest BCUT2D eigenvalue weighted by molar-refractivity contribution is 5.47. The van der Waals surface area contributed by atoms with Crippen molar-refractivity contribution >= 4 is 0 Å². The average Bonchev–Trinajstić information content (AvgIpc) is 2.78. The van der Waals surface area contributed by atoms with E-state index in [1.807, 2.05) is 0 Å². The molecule has 0 heterocycles. The zero-order chi connectivity index (χ0) is 19.5. The van der Waals surface area contributed by atoms with Crippen LogP contribution in [0.2, 0.25) is 0 Å². The number of benzene rings is 3. The summed E-state index contributed by atoms with van der Waals surface area (Å²) in [5, 5.41) is 0. The third-order valence-electron chi connectivity index (χ3n) is 5.21. The molecule has 3 aromatic carbocycles. The molecule has 2 heteroatoms. The summed E-state index contributed by atoms with van der Waals surface area (Å²) in [7, 11) is 0. The lowest BCUT2D eigenvalue weighted by Crippen LogP contribution is -2.33. The van der Waals surface area contributed by atoms with Crippen molar-refractivity contribution in [3.63, 3.8) is 0 Å². The summed E-state index contributed by atoms with van der Waals surface area (Å²) in [5.74, 6) is 0. The molecular weight excluding hydrogens is 342 g/mol. The van der Waals surface area contributed by atoms with E-state index in [0.717, 1.165) is 42.7 Å². The Labute approximate surface area is 169 Å². The van der Waals surface area contributed by atoms with Gasteiger partial charge in [-0.15, -0.1) is 0 Å². The summed E-state index contributed by atoms with van der Waals surface area (Å²) >= 11 is 0. The van der Waals surface area contributed by atoms with E-state index in [2.05, 4.69) is 91.0 Å². The lowest BCUT2D eigenvalue weighted by molar-refractivity contribution is 0.0106. The van der Waals surface area contributed by atoms with Gasteiger partial charge in [0.25, 0.3) is 0 Å². The summed E-state index contributed by atoms with van der Waals surface area (Å²) in [6.07, 6.45) is 5.77. The van der Waals surface area contributed by atoms with Crippen molar-refractivity contribution in [3.8, 4) is 0 Å². The van der Waals surface area contributed by atoms with Crippen LogP contribution in [-0.4, -0.2) is 13.2 Å². The van der Waals surface area contributed by atoms with Gasteiger partial charge in [-0.3, -0.25) is 0 Å². The zero-order valence-electron chi connectivity index (χ0n) is 16.6. The van der Waals surface area contributed by atoms with Gasteiger partial charge >= 0.3 is 0 Å². The van der Waals surface area contributed by atoms with E-state index in [1.165, 1.54) is 19.3 Å². The van der Waals surface area contributed by atoms with Gasteiger partial charge in [-0.1, -0.05) is 110 Å². The van der Waals surface area contributed by atoms with Gasteiger partial charge in [-0.2, -0.15) is 0 Å². The van der Waals surface area contributed by atoms with E-state index in [-0.39, 0.29) is 0 Å². The SMILES string of the molecule is NCCCCCCCOC(c1ccccc1)(c1ccccc1)c1ccccc1. The van der Waals surface area contributed by atoms with Gasteiger partial charge in [0.15, 0.2) is 0 Å². The molecule has 0 aliphatic heterocycles. The minimum atomic E-state index is -0.596. The first-order chi connectivity index (χ1) is 13.9. The minimum Gasteiger partial charge on any atom is -0.361 e. The summed E-state index contributed by atoms with van der Waals surface area (Å²) in [6.45, 7) is 1.51. The zero-order valence-corrected chi connectivity index (χ0v) is 16.6. The fourth-order valence-electron chi connectivity index (χ4n) is 3.77. The standard InChI is InChI=1S/C26H31NO/c27-21-13-2-1-3-14-22-28-26(23-15-7-4-8-16-23,24-17-9-5-10-18-24)25-19-11-6-12-20-25/h4-12,15-20H,1-3,13-14,21-22,27H2. The Morgan fingerprint density at radius 2 is 0.929 bits per heavy atom. The van der Waals surface area contributed by atoms with Crippen molar-refractivity contribution in [2.75, 3.05) is 13.2 Å². The van der Waals surface area contributed by atoms with Gasteiger partial charge in [-0.05, 0) is 36.1 Å². The van der Waals surface area contributed by atoms with Crippen LogP contribution in [0.15, 0.2) is 91.0 Å². The lowest BCUT2D eigenvalue weighted by atomic mass is 9.80. The Kier molecular flexibility index (Phi) is 7.83. The molecular formula is C26H31NO. The molecule has 3 aromatic rings. The number of nitrogens with two attached hydrogens (primary N) is 1. The molecule has 0 spiro atoms. The predicted molar refractivity (Wildman–Crippen MR) is 117 cm³/mol. The number of hydrogen-bond acceptors (Lipinski definition) is 2. The van der Waals surface area contributed by atoms with Crippen molar-refractivity contribution < 1.29 is 4.74 Å². The van der Waals surface area contributed by atoms with Crippen molar-refractivity contribution in [1.29, 1.82) is 0 Å². The second-order valence-electron chi connectivity index (χ2n) is 7.18. The summed E-state index contributed by atoms with van der Waals surface area (Å²) in [5.41, 5.74) is 8.49. The maximum atomic E-state index is 6.77. The molecule has 0 unspecified atom stereocenters. The molecule has 2 nitrogen and oxygen atoms in total. The van der Waals surface area contributed by atoms with Gasteiger partial charge in [0.2, 0.25) is 0 Å². The number of rotatable bonds is 11. The van der Waals surface area contributed by atoms with Crippen molar-refractivity contribution in [2.45, 2.75) is 37.7 Å². The number of ether oxygens (including phenoxy) is 1. The highest BCUT2D eigenvalue weighted by Crippen LogP contribution is 2.40. The van der Waals surface area contributed by atoms with E-state index >= 15 is 0 Å². The molecule has 0 aromatic heterocycles. The van der Waals surface area contributed by atoms with Gasteiger partial charge < -0.3 is 10.5 Å². The Morgan fingerprint density at radius 3 is 1.36 bits per heavy atom. The van der Waals surface area contributed by atoms with Gasteiger partial charge in [0.05, 0.1) is 0 Å². The van der Waals surface area contributed by atoms with E-state index in [4.69, 9.17) is 10.5 Å². The van der Waals surface area contributed by atoms with Crippen LogP contribution in [0.4, 0.5) is 0 Å². The van der Waals surface area contributed by atoms with Crippen molar-refractivity contribution in [3.05, 3.63) is 108 Å². The molecule has 146 valence electrons. The highest BCUT2D eigenvalue weighted by atomic mass is 16.5. The molecule has 0 atom stereocenters. The quantitative estimate of drug-likeness (QED) is 0.335. The lowest BCUT2D eigenvalue weighted by Gasteiger charge is -2.36. The number of unbranched alkanes of at least 4 members (excludes halogenated alkanes) is 4. The van der Waals surface area contributed by atoms with Crippen molar-refractivity contribution in [1.82, 2.24) is 0 Å². The second-order valence-corrected chi connectivity index (χ2v) is 7.18. The molecule has 0 amide bonds. The molecule has 2 N–H and O–H groups in total. The van der Waals surface area contributed by atoms with Crippen LogP contribution in [0.25, 0.3) is 0 Å². The fourth-order valence-corrected chi connectivity index (χ4v) is 3.77. The monoisotopic (exact) mass is 373 g/mol. The third-order valence-corrected chi connectivity index (χ3v) is 5.21. The van der Waals surface area contributed by atoms with Crippen LogP contribution in [-0.2, 0) is 10.3 Å². The number of hydrogen-bond donors (Lipinski definition) is 1. The predicted octanol–water partition coefficient (Wildman–Crippen LogP) is 5.90. The minimum absolute atomic E-state index is 0.596. The topological polar surface area (TPSA) is 35.2 Å². The normalized spacial score (nSPS) is 11.5. The van der Waals surface area contributed by atoms with E-state index < -0.39 is 5.60 Å². The molecule has 28 heavy (non-hydrogen) atoms. The first-order valence-corrected chi connectivity index (χ1v) is 10.4. The average molecular weight is 374 g/mol. The molecule has 0 aliphatic rings. The van der Waals surface area contributed by atoms with Crippen LogP contribution in [0.3, 0.4) is 0 Å². The van der Waals surface area contributed by atoms with Gasteiger partial charge in [-0.25, -0.2) is 0 Å². The van der Waals surface area contributed by atoms with Gasteiger partial charge in [0, 0.05) is 6.61 Å². The van der Waals surface area contributed by atoms with Crippen LogP contribution in [0.1, 0.15) is 48.8 Å². The molecule has 0 bridgehead atoms. The molecule has 0 saturated heterocycles. The smallest absolute Gasteiger partial charge is 0.143 e. The molecule has 0 saturated carbocycles. The summed E-state index contributed by atoms with van der Waals surface area (Å²) in [6, 6.07) is 31.7. The van der Waals surface area contributed by atoms with Crippen LogP contribution < -0.4 is 5.73 Å². The van der Waals surface area contributed by atoms with E-state index in [1.54, 1.807) is 0 Å². The Bertz CT molecular complexity index is 690. The second kappa shape index (κ2) is 10.8. The fraction of sp³-hybridized carbons (Fsp3) is 0.308. The Hall–Kier alpha value is -2.42. The molecule has 0 aliphatic carbocycles. The van der Waals surface area contributed by atoms with Gasteiger partial charge in [0.1, 0.15) is 5.60 Å². The molecule has 0 radical (unpaired) electrons. The third kappa shape index (κ3) is 4.89. The summed E-state index contributed by atoms with van der Waals surface area (Å²) < 4.78 is 6.77. The Balaban J connectivity index is 1.91. The first kappa shape index (κ1) is 20.3. The van der Waals surface area contributed by atoms with Crippen LogP contribution >= 0.6 is 0 Å². The highest BCUT2D eigenvalue weighted by Gasteiger charge is 2.37. The molecule has 3 rings (SSSR count). The molecule has 0 fully saturated rings. The van der Waals surface area contributed by atoms with Crippen LogP contribution in [0.5, 0.6) is 0 Å².